The molecule has 0 saturated carbocycles. The lowest BCUT2D eigenvalue weighted by Gasteiger charge is -2.13. The molecule has 1 aliphatic heterocycles. The van der Waals surface area contributed by atoms with Crippen molar-refractivity contribution in [2.24, 2.45) is 0 Å². The fourth-order valence-corrected chi connectivity index (χ4v) is 4.15. The Morgan fingerprint density at radius 3 is 2.69 bits per heavy atom. The summed E-state index contributed by atoms with van der Waals surface area (Å²) in [5.74, 6) is -0.370. The molecular formula is C21H19BrN2O2. The van der Waals surface area contributed by atoms with E-state index in [0.717, 1.165) is 28.4 Å². The first kappa shape index (κ1) is 17.0. The van der Waals surface area contributed by atoms with Crippen molar-refractivity contribution in [1.29, 1.82) is 0 Å². The molecule has 0 bridgehead atoms. The second-order valence-electron chi connectivity index (χ2n) is 6.80. The monoisotopic (exact) mass is 410 g/mol. The fraction of sp³-hybridized carbons (Fsp3) is 0.238. The normalized spacial score (nSPS) is 15.4. The maximum Gasteiger partial charge on any atom is 0.261 e. The summed E-state index contributed by atoms with van der Waals surface area (Å²) in [4.78, 5) is 25.7. The van der Waals surface area contributed by atoms with Gasteiger partial charge in [-0.05, 0) is 55.2 Å². The molecule has 4 rings (SSSR count). The number of benzene rings is 2. The lowest BCUT2D eigenvalue weighted by Crippen LogP contribution is -2.23. The van der Waals surface area contributed by atoms with Crippen LogP contribution in [0.4, 0.5) is 5.69 Å². The maximum atomic E-state index is 13.0. The van der Waals surface area contributed by atoms with E-state index in [0.29, 0.717) is 11.1 Å². The fourth-order valence-electron chi connectivity index (χ4n) is 3.64. The highest BCUT2D eigenvalue weighted by Crippen LogP contribution is 2.33. The van der Waals surface area contributed by atoms with Gasteiger partial charge in [0.25, 0.3) is 5.91 Å². The van der Waals surface area contributed by atoms with Crippen molar-refractivity contribution in [2.75, 3.05) is 5.32 Å². The first-order valence-corrected chi connectivity index (χ1v) is 9.54. The van der Waals surface area contributed by atoms with Crippen LogP contribution in [-0.4, -0.2) is 10.5 Å². The quantitative estimate of drug-likeness (QED) is 0.680. The number of amides is 1. The van der Waals surface area contributed by atoms with Crippen molar-refractivity contribution in [2.45, 2.75) is 32.7 Å². The first-order valence-electron chi connectivity index (χ1n) is 8.75. The Morgan fingerprint density at radius 2 is 2.00 bits per heavy atom. The topological polar surface area (TPSA) is 51.1 Å². The molecule has 0 radical (unpaired) electrons. The van der Waals surface area contributed by atoms with Gasteiger partial charge in [-0.1, -0.05) is 35.0 Å². The van der Waals surface area contributed by atoms with Crippen LogP contribution in [0.3, 0.4) is 0 Å². The zero-order valence-corrected chi connectivity index (χ0v) is 16.3. The molecule has 2 heterocycles. The van der Waals surface area contributed by atoms with Gasteiger partial charge in [0.15, 0.2) is 0 Å². The van der Waals surface area contributed by atoms with E-state index in [4.69, 9.17) is 0 Å². The van der Waals surface area contributed by atoms with Crippen LogP contribution < -0.4 is 10.7 Å². The van der Waals surface area contributed by atoms with Crippen molar-refractivity contribution in [3.63, 3.8) is 0 Å². The summed E-state index contributed by atoms with van der Waals surface area (Å²) in [6, 6.07) is 11.8. The number of halogens is 1. The Kier molecular flexibility index (Phi) is 4.19. The predicted molar refractivity (Wildman–Crippen MR) is 108 cm³/mol. The van der Waals surface area contributed by atoms with Gasteiger partial charge in [-0.25, -0.2) is 0 Å². The average molecular weight is 411 g/mol. The van der Waals surface area contributed by atoms with Crippen LogP contribution in [0.2, 0.25) is 0 Å². The Hall–Kier alpha value is -2.40. The number of carbonyl (C=O) groups is 1. The van der Waals surface area contributed by atoms with Crippen LogP contribution in [0.5, 0.6) is 0 Å². The van der Waals surface area contributed by atoms with Gasteiger partial charge in [-0.15, -0.1) is 0 Å². The molecule has 3 aromatic rings. The molecule has 1 aromatic heterocycles. The van der Waals surface area contributed by atoms with E-state index in [1.807, 2.05) is 34.9 Å². The van der Waals surface area contributed by atoms with Crippen molar-refractivity contribution in [3.05, 3.63) is 74.0 Å². The third kappa shape index (κ3) is 2.76. The number of aryl methyl sites for hydroxylation is 1. The van der Waals surface area contributed by atoms with Gasteiger partial charge >= 0.3 is 0 Å². The van der Waals surface area contributed by atoms with E-state index in [2.05, 4.69) is 41.2 Å². The van der Waals surface area contributed by atoms with E-state index >= 15 is 0 Å². The van der Waals surface area contributed by atoms with E-state index in [-0.39, 0.29) is 22.9 Å². The number of rotatable bonds is 3. The molecule has 132 valence electrons. The molecule has 4 nitrogen and oxygen atoms in total. The zero-order chi connectivity index (χ0) is 18.4. The summed E-state index contributed by atoms with van der Waals surface area (Å²) in [7, 11) is 0. The highest BCUT2D eigenvalue weighted by atomic mass is 79.9. The molecule has 1 amide bonds. The lowest BCUT2D eigenvalue weighted by molar-refractivity contribution is 0.102. The number of aromatic nitrogens is 1. The van der Waals surface area contributed by atoms with Crippen LogP contribution in [0.15, 0.2) is 51.9 Å². The average Bonchev–Trinajstić information content (AvgIpc) is 2.93. The minimum Gasteiger partial charge on any atom is -0.343 e. The van der Waals surface area contributed by atoms with Crippen LogP contribution in [0, 0.1) is 0 Å². The van der Waals surface area contributed by atoms with Crippen LogP contribution >= 0.6 is 15.9 Å². The molecule has 1 unspecified atom stereocenters. The molecule has 0 spiro atoms. The molecule has 2 aromatic carbocycles. The Balaban J connectivity index is 1.78. The second kappa shape index (κ2) is 6.40. The van der Waals surface area contributed by atoms with Gasteiger partial charge in [-0.2, -0.15) is 0 Å². The zero-order valence-electron chi connectivity index (χ0n) is 14.7. The lowest BCUT2D eigenvalue weighted by atomic mass is 10.1. The van der Waals surface area contributed by atoms with Gasteiger partial charge in [0.1, 0.15) is 5.56 Å². The molecule has 1 atom stereocenters. The number of nitrogens with zero attached hydrogens (tertiary/aromatic N) is 1. The highest BCUT2D eigenvalue weighted by molar-refractivity contribution is 9.10. The summed E-state index contributed by atoms with van der Waals surface area (Å²) < 4.78 is 2.92. The first-order chi connectivity index (χ1) is 12.5. The van der Waals surface area contributed by atoms with Crippen LogP contribution in [-0.2, 0) is 12.8 Å². The van der Waals surface area contributed by atoms with Gasteiger partial charge < -0.3 is 9.88 Å². The van der Waals surface area contributed by atoms with Crippen molar-refractivity contribution in [1.82, 2.24) is 4.57 Å². The van der Waals surface area contributed by atoms with E-state index in [1.54, 1.807) is 6.20 Å². The predicted octanol–water partition coefficient (Wildman–Crippen LogP) is 4.70. The third-order valence-electron chi connectivity index (χ3n) is 5.02. The molecule has 0 saturated heterocycles. The minimum absolute atomic E-state index is 0.176. The van der Waals surface area contributed by atoms with Crippen molar-refractivity contribution < 1.29 is 4.79 Å². The molecular weight excluding hydrogens is 392 g/mol. The number of anilines is 1. The Bertz CT molecular complexity index is 1080. The molecule has 0 fully saturated rings. The Labute approximate surface area is 160 Å². The smallest absolute Gasteiger partial charge is 0.261 e. The highest BCUT2D eigenvalue weighted by Gasteiger charge is 2.25. The van der Waals surface area contributed by atoms with Crippen molar-refractivity contribution >= 4 is 38.4 Å². The number of carbonyl (C=O) groups excluding carboxylic acids is 1. The van der Waals surface area contributed by atoms with Gasteiger partial charge in [0.05, 0.1) is 5.52 Å². The number of pyridine rings is 1. The largest absolute Gasteiger partial charge is 0.343 e. The molecule has 1 N–H and O–H groups in total. The van der Waals surface area contributed by atoms with Gasteiger partial charge in [0, 0.05) is 27.8 Å². The molecule has 0 aliphatic carbocycles. The number of nitrogens with one attached hydrogen (secondary N) is 1. The van der Waals surface area contributed by atoms with E-state index in [1.165, 1.54) is 5.56 Å². The Morgan fingerprint density at radius 1 is 1.27 bits per heavy atom. The van der Waals surface area contributed by atoms with E-state index < -0.39 is 0 Å². The second-order valence-corrected chi connectivity index (χ2v) is 7.71. The summed E-state index contributed by atoms with van der Waals surface area (Å²) >= 11 is 3.48. The molecule has 26 heavy (non-hydrogen) atoms. The standard InChI is InChI=1S/C21H19BrN2O2/c1-3-13-4-6-16(7-5-13)23-21(26)18-11-24-12(2)8-14-9-15(22)10-17(19(14)24)20(18)25/h4-7,9-12H,3,8H2,1-2H3,(H,23,26). The summed E-state index contributed by atoms with van der Waals surface area (Å²) in [5.41, 5.74) is 3.92. The maximum absolute atomic E-state index is 13.0. The SMILES string of the molecule is CCc1ccc(NC(=O)c2cn3c4c(cc(Br)cc4c2=O)CC3C)cc1. The molecule has 1 aliphatic rings. The summed E-state index contributed by atoms with van der Waals surface area (Å²) in [6.07, 6.45) is 3.51. The van der Waals surface area contributed by atoms with Gasteiger partial charge in [0.2, 0.25) is 5.43 Å². The summed E-state index contributed by atoms with van der Waals surface area (Å²) in [6.45, 7) is 4.18. The van der Waals surface area contributed by atoms with Crippen LogP contribution in [0.1, 0.15) is 41.4 Å². The van der Waals surface area contributed by atoms with Crippen LogP contribution in [0.25, 0.3) is 10.9 Å². The number of hydrogen-bond acceptors (Lipinski definition) is 2. The number of hydrogen-bond donors (Lipinski definition) is 1. The van der Waals surface area contributed by atoms with E-state index in [9.17, 15) is 9.59 Å². The molecule has 5 heteroatoms. The minimum atomic E-state index is -0.370. The summed E-state index contributed by atoms with van der Waals surface area (Å²) in [5, 5.41) is 3.44. The van der Waals surface area contributed by atoms with Crippen molar-refractivity contribution in [3.8, 4) is 0 Å². The van der Waals surface area contributed by atoms with Gasteiger partial charge in [-0.3, -0.25) is 9.59 Å². The third-order valence-corrected chi connectivity index (χ3v) is 5.48.